The number of methoxy groups -OCH3 is 1. The van der Waals surface area contributed by atoms with Crippen LogP contribution in [-0.2, 0) is 9.47 Å². The molecule has 130 valence electrons. The number of hydrogen-bond acceptors (Lipinski definition) is 4. The summed E-state index contributed by atoms with van der Waals surface area (Å²) in [5, 5.41) is 6.13. The van der Waals surface area contributed by atoms with Gasteiger partial charge in [-0.1, -0.05) is 0 Å². The van der Waals surface area contributed by atoms with Crippen LogP contribution < -0.4 is 10.6 Å². The Labute approximate surface area is 150 Å². The summed E-state index contributed by atoms with van der Waals surface area (Å²) in [7, 11) is 3.42. The Morgan fingerprint density at radius 2 is 2.09 bits per heavy atom. The van der Waals surface area contributed by atoms with Gasteiger partial charge in [-0.05, 0) is 27.2 Å². The fourth-order valence-electron chi connectivity index (χ4n) is 2.14. The Hall–Kier alpha value is -0.770. The number of nitrogens with one attached hydrogen (secondary N) is 2. The lowest BCUT2D eigenvalue weighted by Crippen LogP contribution is -2.44. The number of hydrogen-bond donors (Lipinski definition) is 2. The molecule has 1 unspecified atom stereocenters. The SMILES string of the molecule is CN=C(NCCOC)N1CCC(NC(=O)OC(C)(C)C)C1.I. The topological polar surface area (TPSA) is 75.2 Å². The Morgan fingerprint density at radius 3 is 2.64 bits per heavy atom. The molecular weight excluding hydrogens is 399 g/mol. The summed E-state index contributed by atoms with van der Waals surface area (Å²) in [6.07, 6.45) is 0.515. The van der Waals surface area contributed by atoms with Gasteiger partial charge in [-0.25, -0.2) is 4.79 Å². The minimum absolute atomic E-state index is 0. The number of alkyl carbamates (subject to hydrolysis) is 1. The summed E-state index contributed by atoms with van der Waals surface area (Å²) >= 11 is 0. The number of guanidine groups is 1. The Morgan fingerprint density at radius 1 is 1.41 bits per heavy atom. The highest BCUT2D eigenvalue weighted by molar-refractivity contribution is 14.0. The first kappa shape index (κ1) is 21.2. The van der Waals surface area contributed by atoms with Crippen molar-refractivity contribution in [2.75, 3.05) is 40.4 Å². The van der Waals surface area contributed by atoms with Crippen molar-refractivity contribution in [1.82, 2.24) is 15.5 Å². The molecular formula is C14H29IN4O3. The van der Waals surface area contributed by atoms with E-state index in [-0.39, 0.29) is 36.1 Å². The summed E-state index contributed by atoms with van der Waals surface area (Å²) < 4.78 is 10.3. The summed E-state index contributed by atoms with van der Waals surface area (Å²) in [5.41, 5.74) is -0.472. The smallest absolute Gasteiger partial charge is 0.407 e. The van der Waals surface area contributed by atoms with E-state index in [0.717, 1.165) is 25.5 Å². The number of rotatable bonds is 4. The molecule has 2 N–H and O–H groups in total. The fourth-order valence-corrected chi connectivity index (χ4v) is 2.14. The molecule has 0 aromatic heterocycles. The summed E-state index contributed by atoms with van der Waals surface area (Å²) in [6.45, 7) is 8.49. The summed E-state index contributed by atoms with van der Waals surface area (Å²) in [6, 6.07) is 0.0841. The predicted molar refractivity (Wildman–Crippen MR) is 98.0 cm³/mol. The standard InChI is InChI=1S/C14H28N4O3.HI/c1-14(2,3)21-13(19)17-11-6-8-18(10-11)12(15-4)16-7-9-20-5;/h11H,6-10H2,1-5H3,(H,15,16)(H,17,19);1H. The highest BCUT2D eigenvalue weighted by Gasteiger charge is 2.27. The van der Waals surface area contributed by atoms with E-state index in [0.29, 0.717) is 13.2 Å². The monoisotopic (exact) mass is 428 g/mol. The minimum Gasteiger partial charge on any atom is -0.444 e. The molecule has 0 spiro atoms. The van der Waals surface area contributed by atoms with Crippen molar-refractivity contribution in [2.45, 2.75) is 38.8 Å². The van der Waals surface area contributed by atoms with Gasteiger partial charge < -0.3 is 25.0 Å². The van der Waals surface area contributed by atoms with Crippen LogP contribution in [0.4, 0.5) is 4.79 Å². The van der Waals surface area contributed by atoms with E-state index in [1.807, 2.05) is 20.8 Å². The van der Waals surface area contributed by atoms with Crippen molar-refractivity contribution in [1.29, 1.82) is 0 Å². The molecule has 1 amide bonds. The first-order chi connectivity index (χ1) is 9.85. The van der Waals surface area contributed by atoms with E-state index in [1.54, 1.807) is 14.2 Å². The third kappa shape index (κ3) is 8.02. The van der Waals surface area contributed by atoms with Crippen molar-refractivity contribution in [2.24, 2.45) is 4.99 Å². The maximum atomic E-state index is 11.8. The number of carbonyl (C=O) groups excluding carboxylic acids is 1. The number of amides is 1. The highest BCUT2D eigenvalue weighted by Crippen LogP contribution is 2.11. The largest absolute Gasteiger partial charge is 0.444 e. The lowest BCUT2D eigenvalue weighted by Gasteiger charge is -2.23. The van der Waals surface area contributed by atoms with E-state index in [2.05, 4.69) is 20.5 Å². The minimum atomic E-state index is -0.472. The molecule has 7 nitrogen and oxygen atoms in total. The van der Waals surface area contributed by atoms with Gasteiger partial charge in [0.1, 0.15) is 5.60 Å². The first-order valence-corrected chi connectivity index (χ1v) is 7.29. The molecule has 1 saturated heterocycles. The van der Waals surface area contributed by atoms with Crippen LogP contribution in [0, 0.1) is 0 Å². The van der Waals surface area contributed by atoms with Crippen LogP contribution in [-0.4, -0.2) is 69.0 Å². The molecule has 0 aromatic carbocycles. The zero-order chi connectivity index (χ0) is 15.9. The van der Waals surface area contributed by atoms with E-state index < -0.39 is 5.60 Å². The zero-order valence-corrected chi connectivity index (χ0v) is 16.5. The van der Waals surface area contributed by atoms with Gasteiger partial charge in [0.25, 0.3) is 0 Å². The van der Waals surface area contributed by atoms with Crippen LogP contribution in [0.5, 0.6) is 0 Å². The van der Waals surface area contributed by atoms with Crippen LogP contribution in [0.15, 0.2) is 4.99 Å². The van der Waals surface area contributed by atoms with Crippen molar-refractivity contribution in [3.63, 3.8) is 0 Å². The molecule has 0 radical (unpaired) electrons. The quantitative estimate of drug-likeness (QED) is 0.307. The van der Waals surface area contributed by atoms with E-state index >= 15 is 0 Å². The number of carbonyl (C=O) groups is 1. The van der Waals surface area contributed by atoms with Crippen molar-refractivity contribution < 1.29 is 14.3 Å². The normalized spacial score (nSPS) is 18.7. The van der Waals surface area contributed by atoms with Crippen molar-refractivity contribution in [3.05, 3.63) is 0 Å². The second-order valence-electron chi connectivity index (χ2n) is 6.04. The van der Waals surface area contributed by atoms with Crippen molar-refractivity contribution in [3.8, 4) is 0 Å². The van der Waals surface area contributed by atoms with Crippen LogP contribution in [0.25, 0.3) is 0 Å². The second kappa shape index (κ2) is 10.1. The predicted octanol–water partition coefficient (Wildman–Crippen LogP) is 1.43. The molecule has 1 fully saturated rings. The molecule has 0 saturated carbocycles. The molecule has 22 heavy (non-hydrogen) atoms. The van der Waals surface area contributed by atoms with Gasteiger partial charge in [0, 0.05) is 33.8 Å². The van der Waals surface area contributed by atoms with Gasteiger partial charge in [-0.2, -0.15) is 0 Å². The first-order valence-electron chi connectivity index (χ1n) is 7.29. The fraction of sp³-hybridized carbons (Fsp3) is 0.857. The molecule has 1 aliphatic heterocycles. The van der Waals surface area contributed by atoms with Gasteiger partial charge >= 0.3 is 6.09 Å². The lowest BCUT2D eigenvalue weighted by atomic mass is 10.2. The van der Waals surface area contributed by atoms with Crippen LogP contribution in [0.3, 0.4) is 0 Å². The molecule has 0 aromatic rings. The average Bonchev–Trinajstić information content (AvgIpc) is 2.80. The van der Waals surface area contributed by atoms with Gasteiger partial charge in [-0.15, -0.1) is 24.0 Å². The maximum absolute atomic E-state index is 11.8. The Kier molecular flexibility index (Phi) is 9.74. The molecule has 1 rings (SSSR count). The third-order valence-electron chi connectivity index (χ3n) is 3.01. The van der Waals surface area contributed by atoms with Gasteiger partial charge in [-0.3, -0.25) is 4.99 Å². The number of ether oxygens (including phenoxy) is 2. The Balaban J connectivity index is 0.00000441. The van der Waals surface area contributed by atoms with Crippen LogP contribution in [0.2, 0.25) is 0 Å². The molecule has 0 aliphatic carbocycles. The molecule has 8 heteroatoms. The number of aliphatic imine (C=N–C) groups is 1. The maximum Gasteiger partial charge on any atom is 0.407 e. The van der Waals surface area contributed by atoms with Gasteiger partial charge in [0.15, 0.2) is 5.96 Å². The second-order valence-corrected chi connectivity index (χ2v) is 6.04. The van der Waals surface area contributed by atoms with Crippen molar-refractivity contribution >= 4 is 36.0 Å². The van der Waals surface area contributed by atoms with E-state index in [9.17, 15) is 4.79 Å². The number of halogens is 1. The molecule has 0 bridgehead atoms. The third-order valence-corrected chi connectivity index (χ3v) is 3.01. The number of nitrogens with zero attached hydrogens (tertiary/aromatic N) is 2. The average molecular weight is 428 g/mol. The number of likely N-dealkylation sites (tertiary alicyclic amines) is 1. The zero-order valence-electron chi connectivity index (χ0n) is 14.1. The highest BCUT2D eigenvalue weighted by atomic mass is 127. The summed E-state index contributed by atoms with van der Waals surface area (Å²) in [4.78, 5) is 18.1. The van der Waals surface area contributed by atoms with Crippen LogP contribution >= 0.6 is 24.0 Å². The van der Waals surface area contributed by atoms with E-state index in [1.165, 1.54) is 0 Å². The molecule has 1 aliphatic rings. The molecule has 1 heterocycles. The van der Waals surface area contributed by atoms with Crippen LogP contribution in [0.1, 0.15) is 27.2 Å². The summed E-state index contributed by atoms with van der Waals surface area (Å²) in [5.74, 6) is 0.834. The molecule has 1 atom stereocenters. The van der Waals surface area contributed by atoms with Gasteiger partial charge in [0.2, 0.25) is 0 Å². The Bertz CT molecular complexity index is 372. The lowest BCUT2D eigenvalue weighted by molar-refractivity contribution is 0.0507. The van der Waals surface area contributed by atoms with E-state index in [4.69, 9.17) is 9.47 Å². The van der Waals surface area contributed by atoms with Gasteiger partial charge in [0.05, 0.1) is 12.6 Å².